The number of carbonyl (C=O) groups excluding carboxylic acids is 1. The lowest BCUT2D eigenvalue weighted by atomic mass is 9.69. The molecule has 1 amide bonds. The Hall–Kier alpha value is -3.51. The molecule has 1 saturated heterocycles. The number of thiazole rings is 1. The Bertz CT molecular complexity index is 1170. The van der Waals surface area contributed by atoms with Crippen LogP contribution in [0.25, 0.3) is 10.4 Å². The Morgan fingerprint density at radius 3 is 2.87 bits per heavy atom. The van der Waals surface area contributed by atoms with Gasteiger partial charge in [0.05, 0.1) is 22.6 Å². The summed E-state index contributed by atoms with van der Waals surface area (Å²) in [6, 6.07) is 7.92. The molecule has 9 heteroatoms. The predicted molar refractivity (Wildman–Crippen MR) is 115 cm³/mol. The van der Waals surface area contributed by atoms with Crippen molar-refractivity contribution in [2.75, 3.05) is 18.4 Å². The van der Waals surface area contributed by atoms with Crippen LogP contribution in [0.3, 0.4) is 0 Å². The monoisotopic (exact) mass is 434 g/mol. The van der Waals surface area contributed by atoms with E-state index in [0.717, 1.165) is 34.7 Å². The summed E-state index contributed by atoms with van der Waals surface area (Å²) in [6.45, 7) is 1.26. The number of benzene rings is 1. The molecule has 1 unspecified atom stereocenters. The Kier molecular flexibility index (Phi) is 4.79. The highest BCUT2D eigenvalue weighted by Crippen LogP contribution is 2.44. The van der Waals surface area contributed by atoms with Crippen LogP contribution in [0.15, 0.2) is 48.9 Å². The van der Waals surface area contributed by atoms with Gasteiger partial charge in [0.2, 0.25) is 0 Å². The molecule has 1 aromatic carbocycles. The molecular weight excluding hydrogens is 415 g/mol. The van der Waals surface area contributed by atoms with Crippen molar-refractivity contribution in [2.45, 2.75) is 18.4 Å². The van der Waals surface area contributed by atoms with Gasteiger partial charge in [-0.15, -0.1) is 11.3 Å². The Morgan fingerprint density at radius 2 is 2.13 bits per heavy atom. The van der Waals surface area contributed by atoms with Gasteiger partial charge in [-0.25, -0.2) is 9.37 Å². The summed E-state index contributed by atoms with van der Waals surface area (Å²) < 4.78 is 13.2. The second kappa shape index (κ2) is 7.63. The smallest absolute Gasteiger partial charge is 0.280 e. The number of halogens is 1. The molecule has 3 aromatic rings. The molecule has 2 aromatic heterocycles. The first-order valence-corrected chi connectivity index (χ1v) is 10.8. The van der Waals surface area contributed by atoms with Gasteiger partial charge in [-0.3, -0.25) is 9.78 Å². The maximum Gasteiger partial charge on any atom is 0.280 e. The van der Waals surface area contributed by atoms with Crippen LogP contribution in [-0.4, -0.2) is 39.4 Å². The molecule has 7 nitrogen and oxygen atoms in total. The van der Waals surface area contributed by atoms with E-state index in [4.69, 9.17) is 0 Å². The fraction of sp³-hybridized carbons (Fsp3) is 0.273. The highest BCUT2D eigenvalue weighted by Gasteiger charge is 2.54. The number of carbonyl (C=O) groups is 1. The molecule has 0 bridgehead atoms. The summed E-state index contributed by atoms with van der Waals surface area (Å²) in [4.78, 5) is 24.0. The van der Waals surface area contributed by atoms with Crippen molar-refractivity contribution in [2.24, 2.45) is 5.92 Å². The number of anilines is 2. The van der Waals surface area contributed by atoms with Gasteiger partial charge in [-0.1, -0.05) is 0 Å². The quantitative estimate of drug-likeness (QED) is 0.594. The van der Waals surface area contributed by atoms with E-state index in [0.29, 0.717) is 24.0 Å². The minimum atomic E-state index is -0.317. The molecular formula is C22H19FN6OS. The number of likely N-dealkylation sites (tertiary alicyclic amines) is 1. The number of nitrogens with zero attached hydrogens (tertiary/aromatic N) is 4. The van der Waals surface area contributed by atoms with Crippen molar-refractivity contribution in [1.82, 2.24) is 20.2 Å². The van der Waals surface area contributed by atoms with Gasteiger partial charge in [-0.05, 0) is 43.2 Å². The highest BCUT2D eigenvalue weighted by molar-refractivity contribution is 7.17. The third-order valence-corrected chi connectivity index (χ3v) is 7.08. The van der Waals surface area contributed by atoms with Crippen LogP contribution in [0.5, 0.6) is 0 Å². The average molecular weight is 435 g/mol. The predicted octanol–water partition coefficient (Wildman–Crippen LogP) is 3.76. The fourth-order valence-corrected chi connectivity index (χ4v) is 5.13. The maximum absolute atomic E-state index is 13.2. The lowest BCUT2D eigenvalue weighted by Gasteiger charge is -2.44. The minimum absolute atomic E-state index is 0.210. The number of amides is 1. The molecule has 0 spiro atoms. The average Bonchev–Trinajstić information content (AvgIpc) is 3.35. The van der Waals surface area contributed by atoms with E-state index in [2.05, 4.69) is 26.8 Å². The van der Waals surface area contributed by atoms with Crippen LogP contribution in [-0.2, 0) is 0 Å². The largest absolute Gasteiger partial charge is 0.355 e. The van der Waals surface area contributed by atoms with E-state index >= 15 is 0 Å². The minimum Gasteiger partial charge on any atom is -0.355 e. The molecule has 2 fully saturated rings. The first-order valence-electron chi connectivity index (χ1n) is 9.96. The van der Waals surface area contributed by atoms with Gasteiger partial charge in [0.25, 0.3) is 5.91 Å². The number of hydrogen-bond acceptors (Lipinski definition) is 7. The number of pyridine rings is 1. The summed E-state index contributed by atoms with van der Waals surface area (Å²) in [6.07, 6.45) is 9.14. The third-order valence-electron chi connectivity index (χ3n) is 6.05. The zero-order valence-electron chi connectivity index (χ0n) is 16.5. The first kappa shape index (κ1) is 19.5. The van der Waals surface area contributed by atoms with Crippen molar-refractivity contribution >= 4 is 28.6 Å². The van der Waals surface area contributed by atoms with Crippen LogP contribution in [0.2, 0.25) is 0 Å². The summed E-state index contributed by atoms with van der Waals surface area (Å²) in [5.74, 6) is -0.190. The van der Waals surface area contributed by atoms with Crippen molar-refractivity contribution in [3.05, 3.63) is 59.7 Å². The van der Waals surface area contributed by atoms with Crippen molar-refractivity contribution < 1.29 is 9.18 Å². The molecule has 2 N–H and O–H groups in total. The Balaban J connectivity index is 1.35. The number of fused-ring (bicyclic) bond motifs is 1. The highest BCUT2D eigenvalue weighted by atomic mass is 32.1. The lowest BCUT2D eigenvalue weighted by molar-refractivity contribution is 0.0762. The van der Waals surface area contributed by atoms with Crippen LogP contribution in [0, 0.1) is 23.2 Å². The van der Waals surface area contributed by atoms with Crippen LogP contribution in [0.4, 0.5) is 15.8 Å². The standard InChI is InChI=1S/C22H19FN6OS/c23-15-1-3-16(4-2-15)27-18-6-8-25-9-17(18)19-10-26-21(31-19)20(30)28-22-7-5-14(22)11-29(12-22)13-24/h1-4,6,8-10,14H,5,7,11-12H2,(H,25,27)(H,28,30)/t14?,22-/m0/s1. The number of aromatic nitrogens is 2. The summed E-state index contributed by atoms with van der Waals surface area (Å²) in [5, 5.41) is 16.0. The molecule has 3 heterocycles. The van der Waals surface area contributed by atoms with E-state index in [9.17, 15) is 14.4 Å². The second-order valence-electron chi connectivity index (χ2n) is 7.91. The van der Waals surface area contributed by atoms with Crippen LogP contribution >= 0.6 is 11.3 Å². The van der Waals surface area contributed by atoms with Gasteiger partial charge in [-0.2, -0.15) is 5.26 Å². The molecule has 5 rings (SSSR count). The Morgan fingerprint density at radius 1 is 1.29 bits per heavy atom. The fourth-order valence-electron chi connectivity index (χ4n) is 4.29. The van der Waals surface area contributed by atoms with Crippen molar-refractivity contribution in [1.29, 1.82) is 5.26 Å². The van der Waals surface area contributed by atoms with E-state index in [1.807, 2.05) is 6.07 Å². The first-order chi connectivity index (χ1) is 15.1. The van der Waals surface area contributed by atoms with Gasteiger partial charge in [0.1, 0.15) is 5.82 Å². The number of rotatable bonds is 5. The number of hydrogen-bond donors (Lipinski definition) is 2. The molecule has 1 aliphatic carbocycles. The molecule has 1 aliphatic heterocycles. The van der Waals surface area contributed by atoms with Gasteiger partial charge >= 0.3 is 0 Å². The van der Waals surface area contributed by atoms with Gasteiger partial charge < -0.3 is 15.5 Å². The summed E-state index contributed by atoms with van der Waals surface area (Å²) in [7, 11) is 0. The zero-order valence-corrected chi connectivity index (χ0v) is 17.3. The molecule has 1 saturated carbocycles. The topological polar surface area (TPSA) is 93.9 Å². The normalized spacial score (nSPS) is 21.7. The van der Waals surface area contributed by atoms with Crippen molar-refractivity contribution in [3.8, 4) is 16.6 Å². The molecule has 2 aliphatic rings. The van der Waals surface area contributed by atoms with E-state index in [1.165, 1.54) is 23.5 Å². The molecule has 0 radical (unpaired) electrons. The lowest BCUT2D eigenvalue weighted by Crippen LogP contribution is -2.60. The summed E-state index contributed by atoms with van der Waals surface area (Å²) >= 11 is 1.29. The molecule has 31 heavy (non-hydrogen) atoms. The SMILES string of the molecule is N#CN1CC2CC[C@]2(NC(=O)c2ncc(-c3cnccc3Nc3ccc(F)cc3)s2)C1. The van der Waals surface area contributed by atoms with Gasteiger partial charge in [0, 0.05) is 42.3 Å². The van der Waals surface area contributed by atoms with Crippen LogP contribution in [0.1, 0.15) is 22.6 Å². The van der Waals surface area contributed by atoms with Crippen LogP contribution < -0.4 is 10.6 Å². The maximum atomic E-state index is 13.2. The van der Waals surface area contributed by atoms with E-state index in [1.54, 1.807) is 35.6 Å². The number of nitrogens with one attached hydrogen (secondary N) is 2. The molecule has 2 atom stereocenters. The molecule has 156 valence electrons. The Labute approximate surface area is 182 Å². The van der Waals surface area contributed by atoms with Crippen molar-refractivity contribution in [3.63, 3.8) is 0 Å². The number of nitriles is 1. The van der Waals surface area contributed by atoms with E-state index in [-0.39, 0.29) is 17.3 Å². The van der Waals surface area contributed by atoms with Gasteiger partial charge in [0.15, 0.2) is 11.2 Å². The van der Waals surface area contributed by atoms with E-state index < -0.39 is 0 Å². The second-order valence-corrected chi connectivity index (χ2v) is 8.94. The third kappa shape index (κ3) is 3.59. The zero-order chi connectivity index (χ0) is 21.4. The summed E-state index contributed by atoms with van der Waals surface area (Å²) in [5.41, 5.74) is 2.02.